The monoisotopic (exact) mass is 405 g/mol. The van der Waals surface area contributed by atoms with Crippen LogP contribution in [0.15, 0.2) is 70.3 Å². The van der Waals surface area contributed by atoms with Gasteiger partial charge in [0.15, 0.2) is 0 Å². The fraction of sp³-hybridized carbons (Fsp3) is 0.105. The number of nitrogens with one attached hydrogen (secondary N) is 1. The van der Waals surface area contributed by atoms with E-state index in [1.165, 1.54) is 42.5 Å². The van der Waals surface area contributed by atoms with Crippen molar-refractivity contribution in [3.8, 4) is 0 Å². The highest BCUT2D eigenvalue weighted by Gasteiger charge is 2.21. The molecule has 0 radical (unpaired) electrons. The first-order valence-electron chi connectivity index (χ1n) is 7.98. The second-order valence-electron chi connectivity index (χ2n) is 5.68. The second kappa shape index (κ2) is 7.89. The van der Waals surface area contributed by atoms with Crippen molar-refractivity contribution < 1.29 is 22.3 Å². The highest BCUT2D eigenvalue weighted by molar-refractivity contribution is 7.94. The van der Waals surface area contributed by atoms with Crippen molar-refractivity contribution in [2.24, 2.45) is 0 Å². The molecule has 2 aromatic carbocycles. The predicted octanol–water partition coefficient (Wildman–Crippen LogP) is 4.61. The molecule has 0 aliphatic heterocycles. The van der Waals surface area contributed by atoms with Crippen molar-refractivity contribution in [1.29, 1.82) is 0 Å². The number of hydrogen-bond donors (Lipinski definition) is 1. The Morgan fingerprint density at radius 1 is 1.07 bits per heavy atom. The highest BCUT2D eigenvalue weighted by atomic mass is 32.2. The van der Waals surface area contributed by atoms with Crippen LogP contribution in [-0.4, -0.2) is 14.4 Å². The third-order valence-electron chi connectivity index (χ3n) is 3.77. The Bertz CT molecular complexity index is 1030. The lowest BCUT2D eigenvalue weighted by atomic mass is 10.1. The van der Waals surface area contributed by atoms with E-state index in [2.05, 4.69) is 4.72 Å². The summed E-state index contributed by atoms with van der Waals surface area (Å²) in [5.74, 6) is -1.07. The van der Waals surface area contributed by atoms with Gasteiger partial charge in [-0.05, 0) is 48.2 Å². The summed E-state index contributed by atoms with van der Waals surface area (Å²) in [6, 6.07) is 14.9. The molecule has 1 N–H and O–H groups in total. The Morgan fingerprint density at radius 2 is 1.78 bits per heavy atom. The van der Waals surface area contributed by atoms with Crippen LogP contribution in [0.1, 0.15) is 28.9 Å². The maximum Gasteiger partial charge on any atom is 0.340 e. The van der Waals surface area contributed by atoms with Crippen LogP contribution in [0.2, 0.25) is 0 Å². The van der Waals surface area contributed by atoms with E-state index in [9.17, 15) is 17.6 Å². The Balaban J connectivity index is 1.81. The van der Waals surface area contributed by atoms with Crippen LogP contribution in [0.5, 0.6) is 0 Å². The molecule has 140 valence electrons. The van der Waals surface area contributed by atoms with Gasteiger partial charge < -0.3 is 4.74 Å². The second-order valence-corrected chi connectivity index (χ2v) is 8.54. The van der Waals surface area contributed by atoms with E-state index in [1.54, 1.807) is 30.5 Å². The lowest BCUT2D eigenvalue weighted by Gasteiger charge is -2.16. The van der Waals surface area contributed by atoms with Gasteiger partial charge in [-0.15, -0.1) is 11.3 Å². The summed E-state index contributed by atoms with van der Waals surface area (Å²) < 4.78 is 45.9. The van der Waals surface area contributed by atoms with Crippen molar-refractivity contribution >= 4 is 33.0 Å². The van der Waals surface area contributed by atoms with Crippen molar-refractivity contribution in [1.82, 2.24) is 0 Å². The molecule has 1 atom stereocenters. The fourth-order valence-corrected chi connectivity index (χ4v) is 4.46. The number of carbonyl (C=O) groups excluding carboxylic acids is 1. The van der Waals surface area contributed by atoms with E-state index in [0.29, 0.717) is 5.56 Å². The molecular formula is C19H16FNO4S2. The smallest absolute Gasteiger partial charge is 0.340 e. The van der Waals surface area contributed by atoms with Crippen LogP contribution in [0, 0.1) is 5.82 Å². The first-order valence-corrected chi connectivity index (χ1v) is 10.3. The maximum atomic E-state index is 13.0. The summed E-state index contributed by atoms with van der Waals surface area (Å²) in [6.45, 7) is 1.66. The summed E-state index contributed by atoms with van der Waals surface area (Å²) in [5, 5.41) is 1.65. The number of hydrogen-bond acceptors (Lipinski definition) is 5. The molecule has 0 saturated heterocycles. The van der Waals surface area contributed by atoms with Gasteiger partial charge in [-0.1, -0.05) is 30.3 Å². The van der Waals surface area contributed by atoms with Crippen LogP contribution in [0.3, 0.4) is 0 Å². The average molecular weight is 405 g/mol. The minimum atomic E-state index is -3.79. The number of sulfonamides is 1. The number of esters is 1. The van der Waals surface area contributed by atoms with Gasteiger partial charge in [0, 0.05) is 0 Å². The molecule has 0 unspecified atom stereocenters. The zero-order chi connectivity index (χ0) is 19.4. The SMILES string of the molecule is C[C@@H](OC(=O)c1ccccc1NS(=O)(=O)c1cccs1)c1ccc(F)cc1. The topological polar surface area (TPSA) is 72.5 Å². The van der Waals surface area contributed by atoms with E-state index in [-0.39, 0.29) is 21.3 Å². The number of halogens is 1. The molecular weight excluding hydrogens is 389 g/mol. The summed E-state index contributed by atoms with van der Waals surface area (Å²) >= 11 is 1.08. The van der Waals surface area contributed by atoms with Crippen LogP contribution in [0.25, 0.3) is 0 Å². The Hall–Kier alpha value is -2.71. The molecule has 0 amide bonds. The molecule has 5 nitrogen and oxygen atoms in total. The summed E-state index contributed by atoms with van der Waals surface area (Å²) in [7, 11) is -3.79. The van der Waals surface area contributed by atoms with Gasteiger partial charge in [0.05, 0.1) is 11.3 Å². The number of para-hydroxylation sites is 1. The van der Waals surface area contributed by atoms with Gasteiger partial charge in [-0.3, -0.25) is 4.72 Å². The highest BCUT2D eigenvalue weighted by Crippen LogP contribution is 2.25. The summed E-state index contributed by atoms with van der Waals surface area (Å²) in [6.07, 6.45) is -0.625. The third-order valence-corrected chi connectivity index (χ3v) is 6.54. The number of anilines is 1. The van der Waals surface area contributed by atoms with Crippen molar-refractivity contribution in [2.75, 3.05) is 4.72 Å². The van der Waals surface area contributed by atoms with Crippen molar-refractivity contribution in [3.05, 3.63) is 83.0 Å². The van der Waals surface area contributed by atoms with E-state index in [0.717, 1.165) is 11.3 Å². The standard InChI is InChI=1S/C19H16FNO4S2/c1-13(14-8-10-15(20)11-9-14)25-19(22)16-5-2-3-6-17(16)21-27(23,24)18-7-4-12-26-18/h2-13,21H,1H3/t13-/m1/s1. The van der Waals surface area contributed by atoms with Crippen LogP contribution in [0.4, 0.5) is 10.1 Å². The number of carbonyl (C=O) groups is 1. The Kier molecular flexibility index (Phi) is 5.57. The largest absolute Gasteiger partial charge is 0.454 e. The predicted molar refractivity (Wildman–Crippen MR) is 102 cm³/mol. The van der Waals surface area contributed by atoms with Gasteiger partial charge in [-0.25, -0.2) is 17.6 Å². The number of ether oxygens (including phenoxy) is 1. The average Bonchev–Trinajstić information content (AvgIpc) is 3.18. The molecule has 1 aromatic heterocycles. The van der Waals surface area contributed by atoms with Gasteiger partial charge in [0.2, 0.25) is 0 Å². The minimum Gasteiger partial charge on any atom is -0.454 e. The lowest BCUT2D eigenvalue weighted by molar-refractivity contribution is 0.0339. The van der Waals surface area contributed by atoms with E-state index in [4.69, 9.17) is 4.74 Å². The first-order chi connectivity index (χ1) is 12.9. The molecule has 0 fully saturated rings. The zero-order valence-electron chi connectivity index (χ0n) is 14.3. The van der Waals surface area contributed by atoms with Crippen molar-refractivity contribution in [2.45, 2.75) is 17.2 Å². The molecule has 0 spiro atoms. The first kappa shape index (κ1) is 19.1. The normalized spacial score (nSPS) is 12.4. The molecule has 3 rings (SSSR count). The zero-order valence-corrected chi connectivity index (χ0v) is 15.9. The Morgan fingerprint density at radius 3 is 2.44 bits per heavy atom. The Labute approximate surface area is 160 Å². The van der Waals surface area contributed by atoms with Crippen LogP contribution in [-0.2, 0) is 14.8 Å². The van der Waals surface area contributed by atoms with E-state index in [1.807, 2.05) is 0 Å². The quantitative estimate of drug-likeness (QED) is 0.608. The third kappa shape index (κ3) is 4.53. The summed E-state index contributed by atoms with van der Waals surface area (Å²) in [5.41, 5.74) is 0.843. The molecule has 27 heavy (non-hydrogen) atoms. The van der Waals surface area contributed by atoms with Gasteiger partial charge in [0.25, 0.3) is 10.0 Å². The van der Waals surface area contributed by atoms with Gasteiger partial charge in [-0.2, -0.15) is 0 Å². The molecule has 3 aromatic rings. The lowest BCUT2D eigenvalue weighted by Crippen LogP contribution is -2.16. The molecule has 0 saturated carbocycles. The molecule has 0 aliphatic carbocycles. The minimum absolute atomic E-state index is 0.0894. The van der Waals surface area contributed by atoms with Crippen LogP contribution < -0.4 is 4.72 Å². The fourth-order valence-electron chi connectivity index (χ4n) is 2.39. The molecule has 0 aliphatic rings. The maximum absolute atomic E-state index is 13.0. The molecule has 0 bridgehead atoms. The van der Waals surface area contributed by atoms with Gasteiger partial charge in [0.1, 0.15) is 16.1 Å². The molecule has 1 heterocycles. The van der Waals surface area contributed by atoms with Crippen LogP contribution >= 0.6 is 11.3 Å². The summed E-state index contributed by atoms with van der Waals surface area (Å²) in [4.78, 5) is 12.6. The molecule has 8 heteroatoms. The van der Waals surface area contributed by atoms with Crippen molar-refractivity contribution in [3.63, 3.8) is 0 Å². The van der Waals surface area contributed by atoms with E-state index < -0.39 is 22.1 Å². The number of benzene rings is 2. The number of rotatable bonds is 6. The van der Waals surface area contributed by atoms with Gasteiger partial charge >= 0.3 is 5.97 Å². The van der Waals surface area contributed by atoms with E-state index >= 15 is 0 Å². The number of thiophene rings is 1.